The van der Waals surface area contributed by atoms with Gasteiger partial charge in [0, 0.05) is 23.4 Å². The van der Waals surface area contributed by atoms with Crippen LogP contribution in [0.25, 0.3) is 22.6 Å². The molecule has 0 saturated heterocycles. The van der Waals surface area contributed by atoms with Crippen LogP contribution in [0, 0.1) is 0 Å². The summed E-state index contributed by atoms with van der Waals surface area (Å²) in [6, 6.07) is 14.1. The number of pyridine rings is 1. The number of carbonyl (C=O) groups is 1. The molecule has 2 aromatic heterocycles. The number of fused-ring (bicyclic) bond motifs is 1. The van der Waals surface area contributed by atoms with Crippen LogP contribution >= 0.6 is 0 Å². The molecule has 0 aliphatic heterocycles. The van der Waals surface area contributed by atoms with E-state index in [1.807, 2.05) is 19.9 Å². The SMILES string of the molecule is COc1ccc(-c2nc3cnccc3o2)cc1NC(=O)c1ccc(OC(C)C)cc1. The Morgan fingerprint density at radius 1 is 1.10 bits per heavy atom. The van der Waals surface area contributed by atoms with Crippen molar-refractivity contribution < 1.29 is 18.7 Å². The summed E-state index contributed by atoms with van der Waals surface area (Å²) in [5.41, 5.74) is 3.04. The van der Waals surface area contributed by atoms with Gasteiger partial charge < -0.3 is 19.2 Å². The Morgan fingerprint density at radius 2 is 1.90 bits per heavy atom. The van der Waals surface area contributed by atoms with Crippen LogP contribution in [0.3, 0.4) is 0 Å². The number of amides is 1. The van der Waals surface area contributed by atoms with Crippen molar-refractivity contribution in [1.29, 1.82) is 0 Å². The van der Waals surface area contributed by atoms with Crippen molar-refractivity contribution in [2.24, 2.45) is 0 Å². The van der Waals surface area contributed by atoms with E-state index < -0.39 is 0 Å². The van der Waals surface area contributed by atoms with E-state index in [4.69, 9.17) is 13.9 Å². The number of hydrogen-bond acceptors (Lipinski definition) is 6. The topological polar surface area (TPSA) is 86.5 Å². The molecule has 2 aromatic carbocycles. The fraction of sp³-hybridized carbons (Fsp3) is 0.174. The van der Waals surface area contributed by atoms with Gasteiger partial charge in [0.05, 0.1) is 25.1 Å². The molecule has 0 aliphatic carbocycles. The number of nitrogens with zero attached hydrogens (tertiary/aromatic N) is 2. The number of benzene rings is 2. The fourth-order valence-corrected chi connectivity index (χ4v) is 2.99. The van der Waals surface area contributed by atoms with E-state index in [0.29, 0.717) is 45.3 Å². The highest BCUT2D eigenvalue weighted by Gasteiger charge is 2.14. The molecule has 4 aromatic rings. The van der Waals surface area contributed by atoms with Crippen molar-refractivity contribution in [3.8, 4) is 23.0 Å². The first-order valence-corrected chi connectivity index (χ1v) is 9.50. The zero-order chi connectivity index (χ0) is 21.1. The Kier molecular flexibility index (Phi) is 5.34. The predicted octanol–water partition coefficient (Wildman–Crippen LogP) is 4.94. The van der Waals surface area contributed by atoms with Crippen LogP contribution in [0.5, 0.6) is 11.5 Å². The molecule has 0 spiro atoms. The normalized spacial score (nSPS) is 10.9. The first-order valence-electron chi connectivity index (χ1n) is 9.50. The standard InChI is InChI=1S/C23H21N3O4/c1-14(2)29-17-7-4-15(5-8-17)22(27)25-18-12-16(6-9-20(18)28-3)23-26-19-13-24-11-10-21(19)30-23/h4-14H,1-3H3,(H,25,27). The summed E-state index contributed by atoms with van der Waals surface area (Å²) in [4.78, 5) is 21.3. The largest absolute Gasteiger partial charge is 0.495 e. The minimum Gasteiger partial charge on any atom is -0.495 e. The minimum atomic E-state index is -0.261. The zero-order valence-corrected chi connectivity index (χ0v) is 16.9. The summed E-state index contributed by atoms with van der Waals surface area (Å²) >= 11 is 0. The molecule has 4 rings (SSSR count). The van der Waals surface area contributed by atoms with E-state index in [0.717, 1.165) is 0 Å². The van der Waals surface area contributed by atoms with Crippen LogP contribution in [-0.4, -0.2) is 29.1 Å². The number of rotatable bonds is 6. The van der Waals surface area contributed by atoms with Crippen molar-refractivity contribution in [3.63, 3.8) is 0 Å². The molecule has 1 N–H and O–H groups in total. The van der Waals surface area contributed by atoms with Gasteiger partial charge in [-0.3, -0.25) is 9.78 Å². The van der Waals surface area contributed by atoms with Gasteiger partial charge in [0.2, 0.25) is 5.89 Å². The second-order valence-electron chi connectivity index (χ2n) is 6.92. The second kappa shape index (κ2) is 8.24. The number of anilines is 1. The lowest BCUT2D eigenvalue weighted by molar-refractivity contribution is 0.102. The monoisotopic (exact) mass is 403 g/mol. The van der Waals surface area contributed by atoms with Gasteiger partial charge in [0.15, 0.2) is 5.58 Å². The highest BCUT2D eigenvalue weighted by molar-refractivity contribution is 6.05. The van der Waals surface area contributed by atoms with E-state index in [1.54, 1.807) is 62.0 Å². The van der Waals surface area contributed by atoms with E-state index in [2.05, 4.69) is 15.3 Å². The van der Waals surface area contributed by atoms with Gasteiger partial charge in [-0.05, 0) is 56.3 Å². The van der Waals surface area contributed by atoms with E-state index >= 15 is 0 Å². The Bertz CT molecular complexity index is 1150. The minimum absolute atomic E-state index is 0.0688. The molecule has 0 fully saturated rings. The van der Waals surface area contributed by atoms with Crippen LogP contribution < -0.4 is 14.8 Å². The number of hydrogen-bond donors (Lipinski definition) is 1. The molecule has 0 atom stereocenters. The van der Waals surface area contributed by atoms with Crippen LogP contribution in [0.2, 0.25) is 0 Å². The van der Waals surface area contributed by atoms with Gasteiger partial charge in [0.25, 0.3) is 5.91 Å². The molecule has 0 radical (unpaired) electrons. The summed E-state index contributed by atoms with van der Waals surface area (Å²) in [5, 5.41) is 2.90. The van der Waals surface area contributed by atoms with Crippen LogP contribution in [0.4, 0.5) is 5.69 Å². The Hall–Kier alpha value is -3.87. The average molecular weight is 403 g/mol. The number of carbonyl (C=O) groups excluding carboxylic acids is 1. The van der Waals surface area contributed by atoms with Gasteiger partial charge >= 0.3 is 0 Å². The van der Waals surface area contributed by atoms with Gasteiger partial charge in [-0.25, -0.2) is 4.98 Å². The van der Waals surface area contributed by atoms with Gasteiger partial charge in [0.1, 0.15) is 17.0 Å². The van der Waals surface area contributed by atoms with Crippen molar-refractivity contribution >= 4 is 22.7 Å². The molecule has 7 nitrogen and oxygen atoms in total. The second-order valence-corrected chi connectivity index (χ2v) is 6.92. The molecule has 30 heavy (non-hydrogen) atoms. The van der Waals surface area contributed by atoms with Gasteiger partial charge in [-0.1, -0.05) is 0 Å². The average Bonchev–Trinajstić information content (AvgIpc) is 3.18. The molecular formula is C23H21N3O4. The molecule has 152 valence electrons. The molecule has 0 saturated carbocycles. The first kappa shape index (κ1) is 19.4. The summed E-state index contributed by atoms with van der Waals surface area (Å²) in [6.45, 7) is 3.90. The third-order valence-electron chi connectivity index (χ3n) is 4.37. The lowest BCUT2D eigenvalue weighted by atomic mass is 10.1. The summed E-state index contributed by atoms with van der Waals surface area (Å²) in [6.07, 6.45) is 3.36. The number of oxazole rings is 1. The fourth-order valence-electron chi connectivity index (χ4n) is 2.99. The molecule has 1 amide bonds. The smallest absolute Gasteiger partial charge is 0.255 e. The highest BCUT2D eigenvalue weighted by atomic mass is 16.5. The maximum absolute atomic E-state index is 12.7. The first-order chi connectivity index (χ1) is 14.5. The van der Waals surface area contributed by atoms with Crippen LogP contribution in [0.15, 0.2) is 65.3 Å². The Balaban J connectivity index is 1.59. The van der Waals surface area contributed by atoms with Crippen LogP contribution in [-0.2, 0) is 0 Å². The lowest BCUT2D eigenvalue weighted by Gasteiger charge is -2.12. The van der Waals surface area contributed by atoms with Gasteiger partial charge in [-0.2, -0.15) is 0 Å². The summed E-state index contributed by atoms with van der Waals surface area (Å²) in [5.74, 6) is 1.42. The zero-order valence-electron chi connectivity index (χ0n) is 16.9. The van der Waals surface area contributed by atoms with E-state index in [1.165, 1.54) is 0 Å². The third kappa shape index (κ3) is 4.10. The van der Waals surface area contributed by atoms with E-state index in [-0.39, 0.29) is 12.0 Å². The molecule has 0 aliphatic rings. The number of aromatic nitrogens is 2. The third-order valence-corrected chi connectivity index (χ3v) is 4.37. The molecule has 7 heteroatoms. The lowest BCUT2D eigenvalue weighted by Crippen LogP contribution is -2.13. The molecular weight excluding hydrogens is 382 g/mol. The van der Waals surface area contributed by atoms with Crippen molar-refractivity contribution in [2.75, 3.05) is 12.4 Å². The Labute approximate surface area is 173 Å². The molecule has 2 heterocycles. The van der Waals surface area contributed by atoms with Crippen molar-refractivity contribution in [3.05, 3.63) is 66.5 Å². The Morgan fingerprint density at radius 3 is 2.60 bits per heavy atom. The van der Waals surface area contributed by atoms with Crippen molar-refractivity contribution in [2.45, 2.75) is 20.0 Å². The number of ether oxygens (including phenoxy) is 2. The predicted molar refractivity (Wildman–Crippen MR) is 114 cm³/mol. The van der Waals surface area contributed by atoms with Crippen LogP contribution in [0.1, 0.15) is 24.2 Å². The summed E-state index contributed by atoms with van der Waals surface area (Å²) in [7, 11) is 1.55. The highest BCUT2D eigenvalue weighted by Crippen LogP contribution is 2.32. The molecule has 0 bridgehead atoms. The number of nitrogens with one attached hydrogen (secondary N) is 1. The summed E-state index contributed by atoms with van der Waals surface area (Å²) < 4.78 is 16.8. The maximum atomic E-state index is 12.7. The maximum Gasteiger partial charge on any atom is 0.255 e. The van der Waals surface area contributed by atoms with Gasteiger partial charge in [-0.15, -0.1) is 0 Å². The number of methoxy groups -OCH3 is 1. The molecule has 0 unspecified atom stereocenters. The van der Waals surface area contributed by atoms with E-state index in [9.17, 15) is 4.79 Å². The quantitative estimate of drug-likeness (QED) is 0.491. The van der Waals surface area contributed by atoms with Crippen molar-refractivity contribution in [1.82, 2.24) is 9.97 Å².